The SMILES string of the molecule is Cc1ccc2nc(NCC(C)C(C)(C)C)sc2c1. The van der Waals surface area contributed by atoms with E-state index in [-0.39, 0.29) is 0 Å². The Labute approximate surface area is 113 Å². The first-order valence-corrected chi connectivity index (χ1v) is 7.29. The standard InChI is InChI=1S/C15H22N2S/c1-10-6-7-12-13(8-10)18-14(17-12)16-9-11(2)15(3,4)5/h6-8,11H,9H2,1-5H3,(H,16,17). The number of hydrogen-bond acceptors (Lipinski definition) is 3. The van der Waals surface area contributed by atoms with Gasteiger partial charge in [-0.3, -0.25) is 0 Å². The van der Waals surface area contributed by atoms with Crippen LogP contribution < -0.4 is 5.32 Å². The molecule has 0 amide bonds. The molecule has 3 heteroatoms. The number of aromatic nitrogens is 1. The average Bonchev–Trinajstić information content (AvgIpc) is 2.66. The van der Waals surface area contributed by atoms with Crippen molar-refractivity contribution >= 4 is 26.7 Å². The van der Waals surface area contributed by atoms with Gasteiger partial charge in [0.05, 0.1) is 10.2 Å². The molecular weight excluding hydrogens is 240 g/mol. The van der Waals surface area contributed by atoms with Crippen molar-refractivity contribution < 1.29 is 0 Å². The maximum Gasteiger partial charge on any atom is 0.183 e. The second-order valence-electron chi connectivity index (χ2n) is 6.14. The zero-order valence-electron chi connectivity index (χ0n) is 11.9. The van der Waals surface area contributed by atoms with Crippen LogP contribution in [0.25, 0.3) is 10.2 Å². The van der Waals surface area contributed by atoms with E-state index < -0.39 is 0 Å². The van der Waals surface area contributed by atoms with Crippen molar-refractivity contribution in [3.63, 3.8) is 0 Å². The molecule has 1 aromatic carbocycles. The third-order valence-corrected chi connectivity index (χ3v) is 4.56. The average molecular weight is 262 g/mol. The number of hydrogen-bond donors (Lipinski definition) is 1. The molecule has 0 aliphatic heterocycles. The molecule has 0 fully saturated rings. The summed E-state index contributed by atoms with van der Waals surface area (Å²) >= 11 is 1.74. The van der Waals surface area contributed by atoms with E-state index in [4.69, 9.17) is 0 Å². The highest BCUT2D eigenvalue weighted by molar-refractivity contribution is 7.22. The van der Waals surface area contributed by atoms with Gasteiger partial charge >= 0.3 is 0 Å². The highest BCUT2D eigenvalue weighted by Crippen LogP contribution is 2.29. The number of rotatable bonds is 3. The molecule has 0 aliphatic carbocycles. The molecule has 1 aromatic heterocycles. The zero-order valence-corrected chi connectivity index (χ0v) is 12.7. The number of thiazole rings is 1. The topological polar surface area (TPSA) is 24.9 Å². The highest BCUT2D eigenvalue weighted by atomic mass is 32.1. The smallest absolute Gasteiger partial charge is 0.183 e. The lowest BCUT2D eigenvalue weighted by Gasteiger charge is -2.27. The molecule has 0 spiro atoms. The van der Waals surface area contributed by atoms with Crippen molar-refractivity contribution in [2.75, 3.05) is 11.9 Å². The fourth-order valence-electron chi connectivity index (χ4n) is 1.65. The second kappa shape index (κ2) is 4.88. The summed E-state index contributed by atoms with van der Waals surface area (Å²) in [6, 6.07) is 6.41. The number of benzene rings is 1. The van der Waals surface area contributed by atoms with Crippen LogP contribution in [0.2, 0.25) is 0 Å². The minimum Gasteiger partial charge on any atom is -0.361 e. The molecule has 1 unspecified atom stereocenters. The molecule has 1 N–H and O–H groups in total. The number of fused-ring (bicyclic) bond motifs is 1. The van der Waals surface area contributed by atoms with Crippen LogP contribution in [-0.4, -0.2) is 11.5 Å². The molecule has 0 radical (unpaired) electrons. The van der Waals surface area contributed by atoms with Gasteiger partial charge in [-0.05, 0) is 36.0 Å². The maximum absolute atomic E-state index is 4.62. The Bertz CT molecular complexity index is 537. The summed E-state index contributed by atoms with van der Waals surface area (Å²) in [6.45, 7) is 12.2. The third kappa shape index (κ3) is 3.02. The number of nitrogens with zero attached hydrogens (tertiary/aromatic N) is 1. The van der Waals surface area contributed by atoms with E-state index in [2.05, 4.69) is 63.1 Å². The predicted molar refractivity (Wildman–Crippen MR) is 81.5 cm³/mol. The second-order valence-corrected chi connectivity index (χ2v) is 7.17. The maximum atomic E-state index is 4.62. The summed E-state index contributed by atoms with van der Waals surface area (Å²) in [6.07, 6.45) is 0. The van der Waals surface area contributed by atoms with E-state index in [9.17, 15) is 0 Å². The molecule has 0 saturated carbocycles. The monoisotopic (exact) mass is 262 g/mol. The summed E-state index contributed by atoms with van der Waals surface area (Å²) in [5.41, 5.74) is 2.72. The molecule has 1 atom stereocenters. The van der Waals surface area contributed by atoms with Gasteiger partial charge in [-0.25, -0.2) is 4.98 Å². The Morgan fingerprint density at radius 3 is 2.72 bits per heavy atom. The normalized spacial score (nSPS) is 13.8. The van der Waals surface area contributed by atoms with Gasteiger partial charge in [-0.2, -0.15) is 0 Å². The van der Waals surface area contributed by atoms with Crippen molar-refractivity contribution in [2.24, 2.45) is 11.3 Å². The summed E-state index contributed by atoms with van der Waals surface area (Å²) in [7, 11) is 0. The van der Waals surface area contributed by atoms with Gasteiger partial charge in [-0.1, -0.05) is 45.1 Å². The first kappa shape index (κ1) is 13.3. The molecule has 98 valence electrons. The molecule has 2 aromatic rings. The van der Waals surface area contributed by atoms with E-state index in [1.54, 1.807) is 11.3 Å². The van der Waals surface area contributed by atoms with Gasteiger partial charge in [0.1, 0.15) is 0 Å². The van der Waals surface area contributed by atoms with Gasteiger partial charge in [0.25, 0.3) is 0 Å². The van der Waals surface area contributed by atoms with Crippen LogP contribution in [0.5, 0.6) is 0 Å². The molecular formula is C15H22N2S. The van der Waals surface area contributed by atoms with E-state index in [0.717, 1.165) is 17.2 Å². The summed E-state index contributed by atoms with van der Waals surface area (Å²) in [5, 5.41) is 4.50. The van der Waals surface area contributed by atoms with Gasteiger partial charge in [-0.15, -0.1) is 0 Å². The lowest BCUT2D eigenvalue weighted by Crippen LogP contribution is -2.24. The van der Waals surface area contributed by atoms with Gasteiger partial charge in [0.2, 0.25) is 0 Å². The third-order valence-electron chi connectivity index (χ3n) is 3.58. The largest absolute Gasteiger partial charge is 0.361 e. The van der Waals surface area contributed by atoms with Crippen LogP contribution in [0.3, 0.4) is 0 Å². The molecule has 0 bridgehead atoms. The Kier molecular flexibility index (Phi) is 3.62. The number of anilines is 1. The Hall–Kier alpha value is -1.09. The molecule has 18 heavy (non-hydrogen) atoms. The number of nitrogens with one attached hydrogen (secondary N) is 1. The van der Waals surface area contributed by atoms with Crippen LogP contribution in [0.4, 0.5) is 5.13 Å². The minimum absolute atomic E-state index is 0.334. The zero-order chi connectivity index (χ0) is 13.3. The Balaban J connectivity index is 2.09. The van der Waals surface area contributed by atoms with Crippen molar-refractivity contribution in [3.05, 3.63) is 23.8 Å². The van der Waals surface area contributed by atoms with Gasteiger partial charge in [0, 0.05) is 6.54 Å². The molecule has 0 aliphatic rings. The van der Waals surface area contributed by atoms with Crippen molar-refractivity contribution in [1.82, 2.24) is 4.98 Å². The minimum atomic E-state index is 0.334. The van der Waals surface area contributed by atoms with Crippen molar-refractivity contribution in [3.8, 4) is 0 Å². The van der Waals surface area contributed by atoms with Crippen LogP contribution in [0.15, 0.2) is 18.2 Å². The van der Waals surface area contributed by atoms with E-state index >= 15 is 0 Å². The lowest BCUT2D eigenvalue weighted by molar-refractivity contribution is 0.274. The first-order chi connectivity index (χ1) is 8.36. The van der Waals surface area contributed by atoms with Crippen LogP contribution in [-0.2, 0) is 0 Å². The lowest BCUT2D eigenvalue weighted by atomic mass is 9.82. The van der Waals surface area contributed by atoms with E-state index in [0.29, 0.717) is 11.3 Å². The molecule has 2 rings (SSSR count). The van der Waals surface area contributed by atoms with Crippen molar-refractivity contribution in [1.29, 1.82) is 0 Å². The highest BCUT2D eigenvalue weighted by Gasteiger charge is 2.19. The Morgan fingerprint density at radius 2 is 2.06 bits per heavy atom. The predicted octanol–water partition coefficient (Wildman–Crippen LogP) is 4.70. The van der Waals surface area contributed by atoms with Gasteiger partial charge < -0.3 is 5.32 Å². The number of aryl methyl sites for hydroxylation is 1. The van der Waals surface area contributed by atoms with Crippen LogP contribution in [0.1, 0.15) is 33.3 Å². The van der Waals surface area contributed by atoms with Crippen molar-refractivity contribution in [2.45, 2.75) is 34.6 Å². The quantitative estimate of drug-likeness (QED) is 0.867. The van der Waals surface area contributed by atoms with Crippen LogP contribution >= 0.6 is 11.3 Å². The summed E-state index contributed by atoms with van der Waals surface area (Å²) < 4.78 is 1.26. The summed E-state index contributed by atoms with van der Waals surface area (Å²) in [5.74, 6) is 0.617. The van der Waals surface area contributed by atoms with E-state index in [1.807, 2.05) is 0 Å². The Morgan fingerprint density at radius 1 is 1.33 bits per heavy atom. The fraction of sp³-hybridized carbons (Fsp3) is 0.533. The van der Waals surface area contributed by atoms with E-state index in [1.165, 1.54) is 10.3 Å². The fourth-order valence-corrected chi connectivity index (χ4v) is 2.62. The molecule has 2 nitrogen and oxygen atoms in total. The first-order valence-electron chi connectivity index (χ1n) is 6.47. The van der Waals surface area contributed by atoms with Gasteiger partial charge in [0.15, 0.2) is 5.13 Å². The molecule has 0 saturated heterocycles. The van der Waals surface area contributed by atoms with Crippen LogP contribution in [0, 0.1) is 18.3 Å². The molecule has 1 heterocycles. The summed E-state index contributed by atoms with van der Waals surface area (Å²) in [4.78, 5) is 4.62.